The van der Waals surface area contributed by atoms with Gasteiger partial charge in [0.25, 0.3) is 5.91 Å². The molecule has 4 heterocycles. The number of carbonyl (C=O) groups excluding carboxylic acids is 1. The summed E-state index contributed by atoms with van der Waals surface area (Å²) in [7, 11) is 3.26. The van der Waals surface area contributed by atoms with Crippen molar-refractivity contribution in [3.05, 3.63) is 41.9 Å². The maximum absolute atomic E-state index is 14.6. The maximum Gasteiger partial charge on any atom is 0.447 e. The molecule has 0 unspecified atom stereocenters. The molecule has 0 aromatic carbocycles. The van der Waals surface area contributed by atoms with Gasteiger partial charge in [0.1, 0.15) is 16.9 Å². The minimum atomic E-state index is -4.58. The number of halogens is 4. The van der Waals surface area contributed by atoms with E-state index in [2.05, 4.69) is 37.8 Å². The molecule has 14 heteroatoms. The predicted molar refractivity (Wildman–Crippen MR) is 146 cm³/mol. The van der Waals surface area contributed by atoms with Crippen molar-refractivity contribution in [1.29, 1.82) is 0 Å². The van der Waals surface area contributed by atoms with Crippen molar-refractivity contribution in [3.63, 3.8) is 0 Å². The van der Waals surface area contributed by atoms with Gasteiger partial charge in [0.15, 0.2) is 5.65 Å². The summed E-state index contributed by atoms with van der Waals surface area (Å²) in [5.74, 6) is 5.43. The number of amides is 1. The molecule has 40 heavy (non-hydrogen) atoms. The summed E-state index contributed by atoms with van der Waals surface area (Å²) < 4.78 is 61.6. The van der Waals surface area contributed by atoms with Gasteiger partial charge in [0, 0.05) is 43.8 Å². The number of piperidine rings is 1. The van der Waals surface area contributed by atoms with Crippen molar-refractivity contribution < 1.29 is 27.1 Å². The quantitative estimate of drug-likeness (QED) is 0.209. The highest BCUT2D eigenvalue weighted by molar-refractivity contribution is 8.00. The van der Waals surface area contributed by atoms with Gasteiger partial charge in [-0.25, -0.2) is 14.4 Å². The smallest absolute Gasteiger partial charge is 0.447 e. The van der Waals surface area contributed by atoms with E-state index in [1.165, 1.54) is 23.9 Å². The molecule has 0 radical (unpaired) electrons. The molecule has 1 aliphatic heterocycles. The van der Waals surface area contributed by atoms with Crippen LogP contribution in [-0.4, -0.2) is 83.2 Å². The zero-order valence-corrected chi connectivity index (χ0v) is 22.9. The van der Waals surface area contributed by atoms with Crippen LogP contribution < -0.4 is 20.7 Å². The number of hydrogen-bond donors (Lipinski definition) is 3. The number of rotatable bonds is 8. The molecule has 0 spiro atoms. The maximum atomic E-state index is 14.6. The van der Waals surface area contributed by atoms with E-state index in [4.69, 9.17) is 4.74 Å². The number of ether oxygens (including phenoxy) is 1. The average molecular weight is 580 g/mol. The van der Waals surface area contributed by atoms with Crippen molar-refractivity contribution in [2.75, 3.05) is 51.0 Å². The molecule has 0 aliphatic carbocycles. The van der Waals surface area contributed by atoms with Gasteiger partial charge < -0.3 is 25.6 Å². The number of nitrogens with one attached hydrogen (secondary N) is 3. The van der Waals surface area contributed by atoms with Crippen LogP contribution in [0.2, 0.25) is 0 Å². The highest BCUT2D eigenvalue weighted by Gasteiger charge is 2.33. The normalized spacial score (nSPS) is 17.7. The Morgan fingerprint density at radius 1 is 1.32 bits per heavy atom. The minimum Gasteiger partial charge on any atom is -0.480 e. The van der Waals surface area contributed by atoms with Gasteiger partial charge in [0.2, 0.25) is 5.88 Å². The Hall–Kier alpha value is -3.70. The fraction of sp³-hybridized carbons (Fsp3) is 0.423. The molecule has 214 valence electrons. The highest BCUT2D eigenvalue weighted by Crippen LogP contribution is 2.39. The number of fused-ring (bicyclic) bond motifs is 1. The van der Waals surface area contributed by atoms with Gasteiger partial charge in [-0.1, -0.05) is 5.92 Å². The molecule has 1 aliphatic rings. The zero-order valence-electron chi connectivity index (χ0n) is 22.1. The first-order valence-corrected chi connectivity index (χ1v) is 13.3. The number of anilines is 2. The Morgan fingerprint density at radius 3 is 2.83 bits per heavy atom. The molecule has 3 aromatic rings. The van der Waals surface area contributed by atoms with E-state index >= 15 is 0 Å². The summed E-state index contributed by atoms with van der Waals surface area (Å²) in [6.07, 6.45) is 2.25. The lowest BCUT2D eigenvalue weighted by Crippen LogP contribution is -2.46. The predicted octanol–water partition coefficient (Wildman–Crippen LogP) is 4.02. The van der Waals surface area contributed by atoms with Crippen LogP contribution in [0.5, 0.6) is 5.88 Å². The van der Waals surface area contributed by atoms with Crippen LogP contribution in [0.25, 0.3) is 5.65 Å². The fourth-order valence-electron chi connectivity index (χ4n) is 4.26. The van der Waals surface area contributed by atoms with E-state index in [0.717, 1.165) is 0 Å². The fourth-order valence-corrected chi connectivity index (χ4v) is 4.92. The number of aromatic nitrogens is 3. The second-order valence-electron chi connectivity index (χ2n) is 9.04. The number of thioether (sulfide) groups is 1. The third kappa shape index (κ3) is 7.08. The summed E-state index contributed by atoms with van der Waals surface area (Å²) in [6.45, 7) is 3.20. The molecule has 0 saturated carbocycles. The summed E-state index contributed by atoms with van der Waals surface area (Å²) in [5.41, 5.74) is -3.30. The van der Waals surface area contributed by atoms with Crippen LogP contribution >= 0.6 is 11.8 Å². The molecule has 1 fully saturated rings. The molecular formula is C26H29F4N7O2S. The van der Waals surface area contributed by atoms with Gasteiger partial charge in [-0.2, -0.15) is 13.2 Å². The van der Waals surface area contributed by atoms with Crippen LogP contribution in [0.4, 0.5) is 28.9 Å². The van der Waals surface area contributed by atoms with Gasteiger partial charge in [-0.05, 0) is 44.5 Å². The number of pyridine rings is 2. The summed E-state index contributed by atoms with van der Waals surface area (Å²) in [5, 5.41) is 8.60. The number of hydrogen-bond acceptors (Lipinski definition) is 8. The average Bonchev–Trinajstić information content (AvgIpc) is 3.24. The lowest BCUT2D eigenvalue weighted by Gasteiger charge is -2.33. The molecule has 2 atom stereocenters. The number of nitrogens with zero attached hydrogens (tertiary/aromatic N) is 4. The Morgan fingerprint density at radius 2 is 2.12 bits per heavy atom. The van der Waals surface area contributed by atoms with E-state index in [1.807, 2.05) is 11.9 Å². The Bertz CT molecular complexity index is 1420. The number of likely N-dealkylation sites (tertiary alicyclic amines) is 1. The Labute approximate surface area is 233 Å². The first-order valence-electron chi connectivity index (χ1n) is 12.5. The second-order valence-corrected chi connectivity index (χ2v) is 10.1. The largest absolute Gasteiger partial charge is 0.480 e. The first-order chi connectivity index (χ1) is 19.1. The number of alkyl halides is 4. The third-order valence-electron chi connectivity index (χ3n) is 6.12. The number of methoxy groups -OCH3 is 1. The molecule has 3 N–H and O–H groups in total. The lowest BCUT2D eigenvalue weighted by molar-refractivity contribution is -0.0330. The minimum absolute atomic E-state index is 0.00508. The van der Waals surface area contributed by atoms with Crippen LogP contribution in [-0.2, 0) is 0 Å². The zero-order chi connectivity index (χ0) is 28.9. The van der Waals surface area contributed by atoms with Crippen molar-refractivity contribution >= 4 is 34.7 Å². The van der Waals surface area contributed by atoms with E-state index in [0.29, 0.717) is 36.4 Å². The highest BCUT2D eigenvalue weighted by atomic mass is 32.2. The van der Waals surface area contributed by atoms with E-state index < -0.39 is 17.7 Å². The van der Waals surface area contributed by atoms with Crippen LogP contribution in [0.3, 0.4) is 0 Å². The molecule has 4 rings (SSSR count). The summed E-state index contributed by atoms with van der Waals surface area (Å²) in [4.78, 5) is 22.6. The molecule has 0 bridgehead atoms. The van der Waals surface area contributed by atoms with Crippen LogP contribution in [0.1, 0.15) is 29.4 Å². The van der Waals surface area contributed by atoms with Crippen LogP contribution in [0, 0.1) is 11.8 Å². The molecule has 1 amide bonds. The topological polar surface area (TPSA) is 95.8 Å². The molecule has 1 saturated heterocycles. The van der Waals surface area contributed by atoms with E-state index in [9.17, 15) is 22.4 Å². The Balaban J connectivity index is 1.60. The standard InChI is InChI=1S/C26H29F4N7O2S/c1-4-31-23(38)16-13-21(24(39-3)33-14-16)32-10-5-7-20-25(40-26(28,29)30)37-11-6-8-19(22(37)35-20)34-18-9-12-36(2)15-17(18)27/h6,8,11,13-14,17-18,32,34H,4,9-10,12,15H2,1-3H3,(H,31,38)/t17-,18+/m0/s1. The van der Waals surface area contributed by atoms with Gasteiger partial charge in [-0.3, -0.25) is 9.20 Å². The van der Waals surface area contributed by atoms with Crippen molar-refractivity contribution in [2.24, 2.45) is 0 Å². The second kappa shape index (κ2) is 12.6. The van der Waals surface area contributed by atoms with E-state index in [1.54, 1.807) is 25.1 Å². The first kappa shape index (κ1) is 29.3. The number of imidazole rings is 1. The van der Waals surface area contributed by atoms with Crippen molar-refractivity contribution in [3.8, 4) is 17.7 Å². The third-order valence-corrected chi connectivity index (χ3v) is 6.94. The van der Waals surface area contributed by atoms with Crippen LogP contribution in [0.15, 0.2) is 35.6 Å². The van der Waals surface area contributed by atoms with Gasteiger partial charge in [-0.15, -0.1) is 0 Å². The molecular weight excluding hydrogens is 550 g/mol. The van der Waals surface area contributed by atoms with Crippen molar-refractivity contribution in [2.45, 2.75) is 36.1 Å². The van der Waals surface area contributed by atoms with Gasteiger partial charge in [0.05, 0.1) is 36.6 Å². The van der Waals surface area contributed by atoms with Crippen molar-refractivity contribution in [1.82, 2.24) is 24.6 Å². The summed E-state index contributed by atoms with van der Waals surface area (Å²) >= 11 is -0.316. The number of carbonyl (C=O) groups is 1. The molecule has 9 nitrogen and oxygen atoms in total. The summed E-state index contributed by atoms with van der Waals surface area (Å²) in [6, 6.07) is 4.30. The monoisotopic (exact) mass is 579 g/mol. The SMILES string of the molecule is CCNC(=O)c1cnc(OC)c(NCC#Cc2nc3c(N[C@@H]4CCN(C)C[C@@H]4F)cccn3c2SC(F)(F)F)c1. The van der Waals surface area contributed by atoms with E-state index in [-0.39, 0.29) is 53.0 Å². The Kier molecular flexibility index (Phi) is 9.26. The van der Waals surface area contributed by atoms with Gasteiger partial charge >= 0.3 is 5.51 Å². The lowest BCUT2D eigenvalue weighted by atomic mass is 10.0. The molecule has 3 aromatic heterocycles.